The fourth-order valence-corrected chi connectivity index (χ4v) is 5.43. The van der Waals surface area contributed by atoms with Crippen LogP contribution in [0.4, 0.5) is 0 Å². The molecular formula is C29H29N3O5S. The molecule has 1 aliphatic rings. The molecule has 0 unspecified atom stereocenters. The highest BCUT2D eigenvalue weighted by Crippen LogP contribution is 2.24. The molecule has 3 aromatic rings. The molecule has 2 N–H and O–H groups in total. The van der Waals surface area contributed by atoms with Gasteiger partial charge >= 0.3 is 0 Å². The van der Waals surface area contributed by atoms with Crippen LogP contribution in [0.1, 0.15) is 46.0 Å². The van der Waals surface area contributed by atoms with Crippen LogP contribution in [0.5, 0.6) is 0 Å². The van der Waals surface area contributed by atoms with Crippen molar-refractivity contribution in [2.24, 2.45) is 0 Å². The molecule has 4 amide bonds. The Morgan fingerprint density at radius 1 is 0.868 bits per heavy atom. The second-order valence-electron chi connectivity index (χ2n) is 9.11. The summed E-state index contributed by atoms with van der Waals surface area (Å²) < 4.78 is 0. The zero-order chi connectivity index (χ0) is 27.2. The Morgan fingerprint density at radius 2 is 1.50 bits per heavy atom. The lowest BCUT2D eigenvalue weighted by Crippen LogP contribution is -2.49. The summed E-state index contributed by atoms with van der Waals surface area (Å²) in [5, 5.41) is 6.50. The second kappa shape index (κ2) is 12.0. The molecule has 0 aromatic heterocycles. The molecule has 196 valence electrons. The normalized spacial score (nSPS) is 14.2. The van der Waals surface area contributed by atoms with Gasteiger partial charge in [0.15, 0.2) is 5.12 Å². The predicted octanol–water partition coefficient (Wildman–Crippen LogP) is 3.34. The van der Waals surface area contributed by atoms with Crippen molar-refractivity contribution in [3.05, 3.63) is 83.4 Å². The lowest BCUT2D eigenvalue weighted by atomic mass is 10.0. The Hall–Kier alpha value is -3.98. The number of nitrogens with one attached hydrogen (secondary N) is 2. The smallest absolute Gasteiger partial charge is 0.261 e. The van der Waals surface area contributed by atoms with Gasteiger partial charge in [-0.2, -0.15) is 0 Å². The van der Waals surface area contributed by atoms with E-state index >= 15 is 0 Å². The fourth-order valence-electron chi connectivity index (χ4n) is 4.57. The van der Waals surface area contributed by atoms with Crippen molar-refractivity contribution in [3.8, 4) is 0 Å². The lowest BCUT2D eigenvalue weighted by Gasteiger charge is -2.22. The van der Waals surface area contributed by atoms with Crippen molar-refractivity contribution in [1.29, 1.82) is 0 Å². The van der Waals surface area contributed by atoms with Gasteiger partial charge in [0.25, 0.3) is 11.8 Å². The topological polar surface area (TPSA) is 113 Å². The Kier molecular flexibility index (Phi) is 8.58. The Labute approximate surface area is 225 Å². The van der Waals surface area contributed by atoms with Crippen molar-refractivity contribution in [2.75, 3.05) is 13.6 Å². The average molecular weight is 532 g/mol. The number of imide groups is 1. The van der Waals surface area contributed by atoms with Gasteiger partial charge in [-0.15, -0.1) is 0 Å². The van der Waals surface area contributed by atoms with Crippen molar-refractivity contribution in [1.82, 2.24) is 15.5 Å². The van der Waals surface area contributed by atoms with Crippen LogP contribution in [-0.4, -0.2) is 58.5 Å². The lowest BCUT2D eigenvalue weighted by molar-refractivity contribution is -0.128. The van der Waals surface area contributed by atoms with Gasteiger partial charge in [-0.3, -0.25) is 28.9 Å². The summed E-state index contributed by atoms with van der Waals surface area (Å²) in [4.78, 5) is 64.2. The van der Waals surface area contributed by atoms with Crippen LogP contribution in [0.2, 0.25) is 0 Å². The van der Waals surface area contributed by atoms with Gasteiger partial charge in [-0.25, -0.2) is 0 Å². The molecule has 0 fully saturated rings. The summed E-state index contributed by atoms with van der Waals surface area (Å²) in [5.41, 5.74) is 1.62. The molecule has 3 aromatic carbocycles. The minimum absolute atomic E-state index is 0.130. The molecule has 8 nitrogen and oxygen atoms in total. The molecule has 4 rings (SSSR count). The van der Waals surface area contributed by atoms with Crippen LogP contribution >= 0.6 is 11.8 Å². The van der Waals surface area contributed by atoms with Gasteiger partial charge in [-0.1, -0.05) is 66.4 Å². The molecule has 0 saturated carbocycles. The van der Waals surface area contributed by atoms with Gasteiger partial charge in [0.1, 0.15) is 6.04 Å². The first-order chi connectivity index (χ1) is 18.3. The largest absolute Gasteiger partial charge is 0.357 e. The van der Waals surface area contributed by atoms with Crippen molar-refractivity contribution < 1.29 is 24.0 Å². The van der Waals surface area contributed by atoms with Crippen LogP contribution in [0.15, 0.2) is 66.7 Å². The van der Waals surface area contributed by atoms with Gasteiger partial charge in [-0.05, 0) is 41.3 Å². The first-order valence-electron chi connectivity index (χ1n) is 12.4. The van der Waals surface area contributed by atoms with E-state index in [-0.39, 0.29) is 42.2 Å². The highest BCUT2D eigenvalue weighted by molar-refractivity contribution is 8.14. The quantitative estimate of drug-likeness (QED) is 0.388. The summed E-state index contributed by atoms with van der Waals surface area (Å²) in [5.74, 6) is -1.51. The summed E-state index contributed by atoms with van der Waals surface area (Å²) in [6, 6.07) is 19.6. The van der Waals surface area contributed by atoms with Crippen molar-refractivity contribution >= 4 is 51.3 Å². The first-order valence-corrected chi connectivity index (χ1v) is 13.3. The van der Waals surface area contributed by atoms with Gasteiger partial charge in [0.05, 0.1) is 16.4 Å². The average Bonchev–Trinajstić information content (AvgIpc) is 3.16. The zero-order valence-corrected chi connectivity index (χ0v) is 22.0. The second-order valence-corrected chi connectivity index (χ2v) is 10.5. The first kappa shape index (κ1) is 27.1. The molecule has 1 heterocycles. The standard InChI is InChI=1S/C29H29N3O5S/c1-18(33)38-25(12-7-15-32-28(36)22-10-5-6-11-23(22)29(32)37)27(35)31-24(26(34)30-2)17-19-13-14-20-8-3-4-9-21(20)16-19/h3-6,8-11,13-14,16,24-25H,7,12,15,17H2,1-2H3,(H,30,34)(H,31,35)/t24-,25-/m0/s1. The van der Waals surface area contributed by atoms with E-state index in [4.69, 9.17) is 0 Å². The molecule has 0 aliphatic carbocycles. The minimum Gasteiger partial charge on any atom is -0.357 e. The van der Waals surface area contributed by atoms with Gasteiger partial charge in [0, 0.05) is 26.9 Å². The summed E-state index contributed by atoms with van der Waals surface area (Å²) in [7, 11) is 1.51. The predicted molar refractivity (Wildman–Crippen MR) is 147 cm³/mol. The van der Waals surface area contributed by atoms with E-state index in [1.807, 2.05) is 42.5 Å². The SMILES string of the molecule is CNC(=O)[C@H](Cc1ccc2ccccc2c1)NC(=O)[C@H](CCCN1C(=O)c2ccccc2C1=O)SC(C)=O. The van der Waals surface area contributed by atoms with Crippen molar-refractivity contribution in [3.63, 3.8) is 0 Å². The van der Waals surface area contributed by atoms with Crippen LogP contribution < -0.4 is 10.6 Å². The van der Waals surface area contributed by atoms with E-state index < -0.39 is 17.2 Å². The number of amides is 4. The maximum absolute atomic E-state index is 13.2. The highest BCUT2D eigenvalue weighted by atomic mass is 32.2. The number of hydrogen-bond donors (Lipinski definition) is 2. The molecule has 1 aliphatic heterocycles. The van der Waals surface area contributed by atoms with Crippen LogP contribution in [-0.2, 0) is 20.8 Å². The van der Waals surface area contributed by atoms with E-state index in [1.165, 1.54) is 18.9 Å². The third kappa shape index (κ3) is 6.11. The van der Waals surface area contributed by atoms with E-state index in [1.54, 1.807) is 24.3 Å². The number of hydrogen-bond acceptors (Lipinski definition) is 6. The third-order valence-corrected chi connectivity index (χ3v) is 7.53. The Balaban J connectivity index is 1.41. The van der Waals surface area contributed by atoms with E-state index in [9.17, 15) is 24.0 Å². The monoisotopic (exact) mass is 531 g/mol. The van der Waals surface area contributed by atoms with Crippen LogP contribution in [0, 0.1) is 0 Å². The van der Waals surface area contributed by atoms with E-state index in [0.29, 0.717) is 17.5 Å². The number of fused-ring (bicyclic) bond motifs is 2. The number of likely N-dealkylation sites (N-methyl/N-ethyl adjacent to an activating group) is 1. The molecular weight excluding hydrogens is 502 g/mol. The molecule has 0 saturated heterocycles. The van der Waals surface area contributed by atoms with E-state index in [0.717, 1.165) is 28.1 Å². The van der Waals surface area contributed by atoms with Crippen LogP contribution in [0.3, 0.4) is 0 Å². The minimum atomic E-state index is -0.833. The van der Waals surface area contributed by atoms with E-state index in [2.05, 4.69) is 10.6 Å². The number of thioether (sulfide) groups is 1. The number of carbonyl (C=O) groups is 5. The Bertz CT molecular complexity index is 1370. The molecule has 38 heavy (non-hydrogen) atoms. The van der Waals surface area contributed by atoms with Crippen LogP contribution in [0.25, 0.3) is 10.8 Å². The number of rotatable bonds is 10. The third-order valence-electron chi connectivity index (χ3n) is 6.46. The molecule has 0 spiro atoms. The van der Waals surface area contributed by atoms with Gasteiger partial charge in [0.2, 0.25) is 11.8 Å². The maximum atomic E-state index is 13.2. The Morgan fingerprint density at radius 3 is 2.13 bits per heavy atom. The zero-order valence-electron chi connectivity index (χ0n) is 21.2. The fraction of sp³-hybridized carbons (Fsp3) is 0.276. The summed E-state index contributed by atoms with van der Waals surface area (Å²) in [6.45, 7) is 1.50. The highest BCUT2D eigenvalue weighted by Gasteiger charge is 2.35. The molecule has 2 atom stereocenters. The maximum Gasteiger partial charge on any atom is 0.261 e. The summed E-state index contributed by atoms with van der Waals surface area (Å²) in [6.07, 6.45) is 0.863. The molecule has 0 radical (unpaired) electrons. The number of carbonyl (C=O) groups excluding carboxylic acids is 5. The van der Waals surface area contributed by atoms with Crippen molar-refractivity contribution in [2.45, 2.75) is 37.5 Å². The number of benzene rings is 3. The molecule has 9 heteroatoms. The van der Waals surface area contributed by atoms with Gasteiger partial charge < -0.3 is 10.6 Å². The summed E-state index contributed by atoms with van der Waals surface area (Å²) >= 11 is 0.878. The number of nitrogens with zero attached hydrogens (tertiary/aromatic N) is 1. The molecule has 0 bridgehead atoms.